The molecule has 3 fully saturated rings. The summed E-state index contributed by atoms with van der Waals surface area (Å²) < 4.78 is 17.1. The number of hydrogen-bond donors (Lipinski definition) is 0. The lowest BCUT2D eigenvalue weighted by Gasteiger charge is -2.37. The second-order valence-corrected chi connectivity index (χ2v) is 17.4. The second-order valence-electron chi connectivity index (χ2n) is 17.4. The summed E-state index contributed by atoms with van der Waals surface area (Å²) in [7, 11) is 0. The lowest BCUT2D eigenvalue weighted by Crippen LogP contribution is -2.31. The second kappa shape index (κ2) is 30.9. The van der Waals surface area contributed by atoms with Gasteiger partial charge in [0.25, 0.3) is 0 Å². The minimum atomic E-state index is -0.358. The fourth-order valence-electron chi connectivity index (χ4n) is 9.02. The summed E-state index contributed by atoms with van der Waals surface area (Å²) >= 11 is 0. The van der Waals surface area contributed by atoms with E-state index < -0.39 is 0 Å². The van der Waals surface area contributed by atoms with E-state index in [1.54, 1.807) is 0 Å². The van der Waals surface area contributed by atoms with Gasteiger partial charge in [-0.1, -0.05) is 109 Å². The van der Waals surface area contributed by atoms with Gasteiger partial charge in [-0.3, -0.25) is 14.4 Å². The van der Waals surface area contributed by atoms with Crippen LogP contribution in [0.15, 0.2) is 24.3 Å². The Morgan fingerprint density at radius 2 is 1.11 bits per heavy atom. The summed E-state index contributed by atoms with van der Waals surface area (Å²) in [4.78, 5) is 40.9. The first kappa shape index (κ1) is 47.2. The first-order valence-electron chi connectivity index (χ1n) is 23.5. The summed E-state index contributed by atoms with van der Waals surface area (Å²) in [5.74, 6) is 1.48. The van der Waals surface area contributed by atoms with Crippen molar-refractivity contribution >= 4 is 17.9 Å². The summed E-state index contributed by atoms with van der Waals surface area (Å²) in [6, 6.07) is 0. The fourth-order valence-corrected chi connectivity index (χ4v) is 9.02. The molecule has 1 aliphatic heterocycles. The van der Waals surface area contributed by atoms with Crippen molar-refractivity contribution in [1.29, 1.82) is 0 Å². The molecular formula is C48H83NO6. The topological polar surface area (TPSA) is 82.1 Å². The Hall–Kier alpha value is -2.15. The van der Waals surface area contributed by atoms with Crippen LogP contribution < -0.4 is 0 Å². The van der Waals surface area contributed by atoms with Crippen molar-refractivity contribution in [3.63, 3.8) is 0 Å². The first-order chi connectivity index (χ1) is 27.0. The number of likely N-dealkylation sites (tertiary alicyclic amines) is 1. The molecule has 0 spiro atoms. The smallest absolute Gasteiger partial charge is 0.308 e. The number of carbonyl (C=O) groups is 3. The predicted molar refractivity (Wildman–Crippen MR) is 226 cm³/mol. The SMILES string of the molecule is CCCCC/C=C\C/C=C\CCCCCCCC(=O)OCC(COC(=O)CCCN1CCCC1)COC(=O)[C@H]1CC[C@H]([C@H]2CC[C@H](CCCCC)CC2)CC1. The van der Waals surface area contributed by atoms with Crippen LogP contribution in [0.1, 0.15) is 194 Å². The number of rotatable bonds is 30. The van der Waals surface area contributed by atoms with E-state index >= 15 is 0 Å². The van der Waals surface area contributed by atoms with E-state index in [1.165, 1.54) is 103 Å². The third-order valence-corrected chi connectivity index (χ3v) is 12.7. The number of carbonyl (C=O) groups excluding carboxylic acids is 3. The normalized spacial score (nSPS) is 22.7. The molecule has 0 aromatic rings. The van der Waals surface area contributed by atoms with Gasteiger partial charge in [-0.2, -0.15) is 0 Å². The Morgan fingerprint density at radius 1 is 0.582 bits per heavy atom. The molecule has 2 saturated carbocycles. The van der Waals surface area contributed by atoms with Crippen LogP contribution in [0.2, 0.25) is 0 Å². The van der Waals surface area contributed by atoms with Crippen molar-refractivity contribution in [1.82, 2.24) is 4.90 Å². The van der Waals surface area contributed by atoms with Gasteiger partial charge in [0.1, 0.15) is 19.8 Å². The molecule has 55 heavy (non-hydrogen) atoms. The maximum Gasteiger partial charge on any atom is 0.308 e. The largest absolute Gasteiger partial charge is 0.465 e. The molecule has 316 valence electrons. The number of esters is 3. The molecule has 1 atom stereocenters. The van der Waals surface area contributed by atoms with E-state index in [4.69, 9.17) is 14.2 Å². The quantitative estimate of drug-likeness (QED) is 0.0311. The Morgan fingerprint density at radius 3 is 1.75 bits per heavy atom. The monoisotopic (exact) mass is 770 g/mol. The van der Waals surface area contributed by atoms with Gasteiger partial charge in [0.05, 0.1) is 11.8 Å². The third-order valence-electron chi connectivity index (χ3n) is 12.7. The van der Waals surface area contributed by atoms with E-state index in [2.05, 4.69) is 43.1 Å². The highest BCUT2D eigenvalue weighted by Gasteiger charge is 2.34. The van der Waals surface area contributed by atoms with Gasteiger partial charge in [-0.05, 0) is 134 Å². The molecule has 0 radical (unpaired) electrons. The van der Waals surface area contributed by atoms with E-state index in [1.807, 2.05) is 0 Å². The molecule has 7 heteroatoms. The zero-order chi connectivity index (χ0) is 39.2. The van der Waals surface area contributed by atoms with Crippen LogP contribution in [-0.4, -0.2) is 62.3 Å². The zero-order valence-corrected chi connectivity index (χ0v) is 35.6. The van der Waals surface area contributed by atoms with Gasteiger partial charge in [-0.25, -0.2) is 0 Å². The highest BCUT2D eigenvalue weighted by molar-refractivity contribution is 5.72. The summed E-state index contributed by atoms with van der Waals surface area (Å²) in [5.41, 5.74) is 0. The highest BCUT2D eigenvalue weighted by Crippen LogP contribution is 2.42. The predicted octanol–water partition coefficient (Wildman–Crippen LogP) is 12.1. The number of hydrogen-bond acceptors (Lipinski definition) is 7. The van der Waals surface area contributed by atoms with E-state index in [0.717, 1.165) is 102 Å². The van der Waals surface area contributed by atoms with Gasteiger partial charge < -0.3 is 19.1 Å². The van der Waals surface area contributed by atoms with Crippen molar-refractivity contribution < 1.29 is 28.6 Å². The summed E-state index contributed by atoms with van der Waals surface area (Å²) in [6.07, 6.45) is 40.7. The molecule has 2 aliphatic carbocycles. The average Bonchev–Trinajstić information content (AvgIpc) is 3.73. The molecule has 0 N–H and O–H groups in total. The summed E-state index contributed by atoms with van der Waals surface area (Å²) in [6.45, 7) is 7.99. The van der Waals surface area contributed by atoms with Crippen LogP contribution in [0.5, 0.6) is 0 Å². The van der Waals surface area contributed by atoms with Crippen LogP contribution in [0.4, 0.5) is 0 Å². The van der Waals surface area contributed by atoms with Crippen molar-refractivity contribution in [3.05, 3.63) is 24.3 Å². The Labute approximate surface area is 337 Å². The molecule has 1 heterocycles. The molecule has 7 nitrogen and oxygen atoms in total. The highest BCUT2D eigenvalue weighted by atomic mass is 16.6. The van der Waals surface area contributed by atoms with Crippen molar-refractivity contribution in [2.24, 2.45) is 29.6 Å². The van der Waals surface area contributed by atoms with Crippen LogP contribution >= 0.6 is 0 Å². The zero-order valence-electron chi connectivity index (χ0n) is 35.6. The minimum absolute atomic E-state index is 0.0590. The van der Waals surface area contributed by atoms with Gasteiger partial charge in [-0.15, -0.1) is 0 Å². The lowest BCUT2D eigenvalue weighted by molar-refractivity contribution is -0.156. The molecule has 1 unspecified atom stereocenters. The fraction of sp³-hybridized carbons (Fsp3) is 0.854. The number of nitrogens with zero attached hydrogens (tertiary/aromatic N) is 1. The summed E-state index contributed by atoms with van der Waals surface area (Å²) in [5, 5.41) is 0. The van der Waals surface area contributed by atoms with Gasteiger partial charge >= 0.3 is 17.9 Å². The maximum atomic E-state index is 13.2. The number of allylic oxidation sites excluding steroid dienone is 4. The molecule has 3 rings (SSSR count). The van der Waals surface area contributed by atoms with Gasteiger partial charge in [0.15, 0.2) is 0 Å². The Kier molecular flexibility index (Phi) is 26.5. The standard InChI is InChI=1S/C48H83NO6/c1-3-5-7-8-9-10-11-12-13-14-15-16-17-18-20-25-46(50)53-38-42(39-54-47(51)26-23-37-49-35-21-22-36-49)40-55-48(52)45-33-31-44(32-34-45)43-29-27-41(28-30-43)24-19-6-4-2/h9-10,12-13,41-45H,3-8,11,14-40H2,1-2H3/b10-9-,13-12-/t41-,42?,43-,44-,45-. The van der Waals surface area contributed by atoms with E-state index in [0.29, 0.717) is 12.8 Å². The number of ether oxygens (including phenoxy) is 3. The molecule has 0 bridgehead atoms. The third kappa shape index (κ3) is 22.4. The van der Waals surface area contributed by atoms with Crippen LogP contribution in [0, 0.1) is 29.6 Å². The first-order valence-corrected chi connectivity index (χ1v) is 23.5. The van der Waals surface area contributed by atoms with Crippen molar-refractivity contribution in [2.75, 3.05) is 39.5 Å². The molecule has 0 aromatic carbocycles. The molecule has 1 saturated heterocycles. The number of unbranched alkanes of at least 4 members (excludes halogenated alkanes) is 10. The van der Waals surface area contributed by atoms with E-state index in [9.17, 15) is 14.4 Å². The average molecular weight is 770 g/mol. The van der Waals surface area contributed by atoms with Gasteiger partial charge in [0, 0.05) is 12.8 Å². The lowest BCUT2D eigenvalue weighted by atomic mass is 9.68. The maximum absolute atomic E-state index is 13.2. The van der Waals surface area contributed by atoms with Crippen LogP contribution in [0.25, 0.3) is 0 Å². The Bertz CT molecular complexity index is 1050. The van der Waals surface area contributed by atoms with Gasteiger partial charge in [0.2, 0.25) is 0 Å². The van der Waals surface area contributed by atoms with Crippen LogP contribution in [0.3, 0.4) is 0 Å². The van der Waals surface area contributed by atoms with Crippen molar-refractivity contribution in [2.45, 2.75) is 194 Å². The molecule has 3 aliphatic rings. The minimum Gasteiger partial charge on any atom is -0.465 e. The van der Waals surface area contributed by atoms with Crippen LogP contribution in [-0.2, 0) is 28.6 Å². The molecule has 0 aromatic heterocycles. The Balaban J connectivity index is 1.31. The van der Waals surface area contributed by atoms with Crippen molar-refractivity contribution in [3.8, 4) is 0 Å². The molecule has 0 amide bonds. The molecular weight excluding hydrogens is 687 g/mol. The van der Waals surface area contributed by atoms with E-state index in [-0.39, 0.29) is 49.6 Å².